The third kappa shape index (κ3) is 3.42. The molecule has 0 N–H and O–H groups in total. The number of carbonyl (C=O) groups is 1. The molecule has 1 aliphatic rings. The zero-order valence-electron chi connectivity index (χ0n) is 18.4. The molecule has 30 heavy (non-hydrogen) atoms. The molecule has 4 rings (SSSR count). The second-order valence-corrected chi connectivity index (χ2v) is 8.51. The van der Waals surface area contributed by atoms with Crippen LogP contribution in [0, 0.1) is 34.6 Å². The van der Waals surface area contributed by atoms with E-state index in [9.17, 15) is 4.79 Å². The van der Waals surface area contributed by atoms with Gasteiger partial charge in [0.25, 0.3) is 5.91 Å². The Morgan fingerprint density at radius 1 is 1.07 bits per heavy atom. The summed E-state index contributed by atoms with van der Waals surface area (Å²) in [5, 5.41) is 12.8. The van der Waals surface area contributed by atoms with Gasteiger partial charge in [-0.05, 0) is 46.1 Å². The summed E-state index contributed by atoms with van der Waals surface area (Å²) in [5.41, 5.74) is 4.18. The molecule has 1 fully saturated rings. The highest BCUT2D eigenvalue weighted by Gasteiger charge is 2.38. The molecule has 0 aromatic carbocycles. The number of aromatic nitrogens is 5. The fraction of sp³-hybridized carbons (Fsp3) is 0.571. The Morgan fingerprint density at radius 2 is 1.77 bits per heavy atom. The monoisotopic (exact) mass is 412 g/mol. The molecule has 1 aliphatic heterocycles. The second kappa shape index (κ2) is 7.37. The van der Waals surface area contributed by atoms with Crippen LogP contribution >= 0.6 is 0 Å². The van der Waals surface area contributed by atoms with Crippen LogP contribution in [0.15, 0.2) is 9.05 Å². The van der Waals surface area contributed by atoms with Gasteiger partial charge in [0.15, 0.2) is 11.5 Å². The first kappa shape index (κ1) is 20.3. The fourth-order valence-corrected chi connectivity index (χ4v) is 3.96. The number of hydrogen-bond donors (Lipinski definition) is 0. The van der Waals surface area contributed by atoms with Crippen molar-refractivity contribution in [2.45, 2.75) is 66.3 Å². The Bertz CT molecular complexity index is 1080. The Labute approximate surface area is 175 Å². The van der Waals surface area contributed by atoms with E-state index in [2.05, 4.69) is 34.2 Å². The number of carbonyl (C=O) groups excluding carboxylic acids is 1. The Hall–Kier alpha value is -2.97. The largest absolute Gasteiger partial charge is 0.361 e. The van der Waals surface area contributed by atoms with Crippen molar-refractivity contribution in [3.05, 3.63) is 45.7 Å². The summed E-state index contributed by atoms with van der Waals surface area (Å²) in [6, 6.07) is 0. The van der Waals surface area contributed by atoms with Crippen molar-refractivity contribution in [3.63, 3.8) is 0 Å². The van der Waals surface area contributed by atoms with Crippen LogP contribution in [0.5, 0.6) is 0 Å². The summed E-state index contributed by atoms with van der Waals surface area (Å²) in [6.07, 6.45) is 1.53. The molecule has 0 unspecified atom stereocenters. The van der Waals surface area contributed by atoms with Crippen molar-refractivity contribution >= 4 is 5.91 Å². The van der Waals surface area contributed by atoms with Gasteiger partial charge >= 0.3 is 0 Å². The van der Waals surface area contributed by atoms with Crippen molar-refractivity contribution in [3.8, 4) is 0 Å². The summed E-state index contributed by atoms with van der Waals surface area (Å²) in [6.45, 7) is 13.5. The summed E-state index contributed by atoms with van der Waals surface area (Å²) in [7, 11) is 0. The lowest BCUT2D eigenvalue weighted by Crippen LogP contribution is -2.44. The minimum atomic E-state index is -0.196. The molecule has 160 valence electrons. The van der Waals surface area contributed by atoms with Crippen molar-refractivity contribution in [2.75, 3.05) is 13.1 Å². The van der Waals surface area contributed by atoms with Crippen molar-refractivity contribution in [1.82, 2.24) is 30.0 Å². The molecule has 0 saturated carbocycles. The lowest BCUT2D eigenvalue weighted by Gasteiger charge is -2.37. The van der Waals surface area contributed by atoms with Gasteiger partial charge in [-0.2, -0.15) is 10.1 Å². The van der Waals surface area contributed by atoms with Crippen molar-refractivity contribution in [2.24, 2.45) is 0 Å². The zero-order chi connectivity index (χ0) is 21.6. The zero-order valence-corrected chi connectivity index (χ0v) is 18.4. The standard InChI is InChI=1S/C21H28N6O3/c1-12-13(2)23-27(14(12)3)11-17-15(4)29-24-18(17)19(28)26-9-7-21(6,8-10-26)20-22-16(5)30-25-20/h7-11H2,1-6H3. The molecule has 9 nitrogen and oxygen atoms in total. The summed E-state index contributed by atoms with van der Waals surface area (Å²) in [4.78, 5) is 19.5. The van der Waals surface area contributed by atoms with Crippen molar-refractivity contribution in [1.29, 1.82) is 0 Å². The maximum absolute atomic E-state index is 13.3. The minimum Gasteiger partial charge on any atom is -0.361 e. The van der Waals surface area contributed by atoms with E-state index >= 15 is 0 Å². The van der Waals surface area contributed by atoms with Crippen LogP contribution in [0.25, 0.3) is 0 Å². The van der Waals surface area contributed by atoms with Crippen LogP contribution in [0.2, 0.25) is 0 Å². The summed E-state index contributed by atoms with van der Waals surface area (Å²) >= 11 is 0. The van der Waals surface area contributed by atoms with E-state index in [0.29, 0.717) is 42.8 Å². The van der Waals surface area contributed by atoms with Gasteiger partial charge in [-0.1, -0.05) is 17.2 Å². The van der Waals surface area contributed by atoms with E-state index < -0.39 is 0 Å². The average molecular weight is 412 g/mol. The molecule has 1 amide bonds. The topological polar surface area (TPSA) is 103 Å². The average Bonchev–Trinajstić information content (AvgIpc) is 3.38. The minimum absolute atomic E-state index is 0.105. The number of piperidine rings is 1. The van der Waals surface area contributed by atoms with Crippen LogP contribution in [-0.4, -0.2) is 49.0 Å². The van der Waals surface area contributed by atoms with Gasteiger partial charge in [-0.15, -0.1) is 0 Å². The Kier molecular flexibility index (Phi) is 4.99. The number of amides is 1. The highest BCUT2D eigenvalue weighted by Crippen LogP contribution is 2.34. The van der Waals surface area contributed by atoms with Gasteiger partial charge < -0.3 is 13.9 Å². The van der Waals surface area contributed by atoms with Gasteiger partial charge in [-0.3, -0.25) is 9.48 Å². The van der Waals surface area contributed by atoms with E-state index in [1.165, 1.54) is 0 Å². The molecular weight excluding hydrogens is 384 g/mol. The molecular formula is C21H28N6O3. The third-order valence-electron chi connectivity index (χ3n) is 6.46. The Morgan fingerprint density at radius 3 is 2.33 bits per heavy atom. The predicted octanol–water partition coefficient (Wildman–Crippen LogP) is 3.04. The summed E-state index contributed by atoms with van der Waals surface area (Å²) in [5.74, 6) is 1.82. The Balaban J connectivity index is 1.52. The van der Waals surface area contributed by atoms with Gasteiger partial charge in [0, 0.05) is 36.7 Å². The molecule has 1 saturated heterocycles. The number of rotatable bonds is 4. The normalized spacial score (nSPS) is 16.3. The molecule has 0 aliphatic carbocycles. The molecule has 0 radical (unpaired) electrons. The second-order valence-electron chi connectivity index (χ2n) is 8.51. The van der Waals surface area contributed by atoms with Gasteiger partial charge in [0.2, 0.25) is 5.89 Å². The van der Waals surface area contributed by atoms with Gasteiger partial charge in [0.05, 0.1) is 12.2 Å². The lowest BCUT2D eigenvalue weighted by atomic mass is 9.79. The highest BCUT2D eigenvalue weighted by molar-refractivity contribution is 5.94. The first-order valence-electron chi connectivity index (χ1n) is 10.3. The first-order valence-corrected chi connectivity index (χ1v) is 10.3. The molecule has 3 aromatic rings. The maximum Gasteiger partial charge on any atom is 0.276 e. The van der Waals surface area contributed by atoms with E-state index in [-0.39, 0.29) is 11.3 Å². The molecule has 4 heterocycles. The molecule has 3 aromatic heterocycles. The van der Waals surface area contributed by atoms with Crippen molar-refractivity contribution < 1.29 is 13.8 Å². The lowest BCUT2D eigenvalue weighted by molar-refractivity contribution is 0.0658. The van der Waals surface area contributed by atoms with E-state index in [1.807, 2.05) is 30.4 Å². The van der Waals surface area contributed by atoms with Crippen LogP contribution in [0.1, 0.15) is 70.2 Å². The number of hydrogen-bond acceptors (Lipinski definition) is 7. The van der Waals surface area contributed by atoms with E-state index in [0.717, 1.165) is 35.4 Å². The molecule has 0 bridgehead atoms. The van der Waals surface area contributed by atoms with Crippen LogP contribution in [-0.2, 0) is 12.0 Å². The third-order valence-corrected chi connectivity index (χ3v) is 6.46. The predicted molar refractivity (Wildman–Crippen MR) is 108 cm³/mol. The SMILES string of the molecule is Cc1nc(C2(C)CCN(C(=O)c3noc(C)c3Cn3nc(C)c(C)c3C)CC2)no1. The van der Waals surface area contributed by atoms with E-state index in [1.54, 1.807) is 6.92 Å². The van der Waals surface area contributed by atoms with E-state index in [4.69, 9.17) is 9.05 Å². The molecule has 9 heteroatoms. The smallest absolute Gasteiger partial charge is 0.276 e. The first-order chi connectivity index (χ1) is 14.2. The number of aryl methyl sites for hydroxylation is 3. The van der Waals surface area contributed by atoms with Crippen LogP contribution in [0.4, 0.5) is 0 Å². The summed E-state index contributed by atoms with van der Waals surface area (Å²) < 4.78 is 12.5. The van der Waals surface area contributed by atoms with Gasteiger partial charge in [0.1, 0.15) is 5.76 Å². The van der Waals surface area contributed by atoms with Crippen LogP contribution < -0.4 is 0 Å². The maximum atomic E-state index is 13.3. The van der Waals surface area contributed by atoms with Gasteiger partial charge in [-0.25, -0.2) is 0 Å². The number of likely N-dealkylation sites (tertiary alicyclic amines) is 1. The highest BCUT2D eigenvalue weighted by atomic mass is 16.5. The van der Waals surface area contributed by atoms with Crippen LogP contribution in [0.3, 0.4) is 0 Å². The quantitative estimate of drug-likeness (QED) is 0.649. The number of nitrogens with zero attached hydrogens (tertiary/aromatic N) is 6. The molecule has 0 atom stereocenters. The fourth-order valence-electron chi connectivity index (χ4n) is 3.96. The molecule has 0 spiro atoms.